The molecule has 0 atom stereocenters. The molecule has 0 saturated heterocycles. The van der Waals surface area contributed by atoms with Gasteiger partial charge in [-0.15, -0.1) is 11.3 Å². The van der Waals surface area contributed by atoms with Crippen LogP contribution in [0, 0.1) is 3.57 Å². The molecule has 0 aliphatic carbocycles. The number of ether oxygens (including phenoxy) is 1. The largest absolute Gasteiger partial charge is 0.496 e. The van der Waals surface area contributed by atoms with Crippen molar-refractivity contribution in [2.75, 3.05) is 12.8 Å². The fraction of sp³-hybridized carbons (Fsp3) is 0.0833. The maximum absolute atomic E-state index is 6.01. The van der Waals surface area contributed by atoms with Crippen LogP contribution in [0.2, 0.25) is 0 Å². The number of halogens is 1. The molecular weight excluding hydrogens is 375 g/mol. The summed E-state index contributed by atoms with van der Waals surface area (Å²) in [6.07, 6.45) is 1.73. The summed E-state index contributed by atoms with van der Waals surface area (Å²) >= 11 is 3.68. The highest BCUT2D eigenvalue weighted by atomic mass is 127. The van der Waals surface area contributed by atoms with Gasteiger partial charge in [-0.25, -0.2) is 9.97 Å². The average Bonchev–Trinajstić information content (AvgIpc) is 2.92. The number of thiazole rings is 1. The van der Waals surface area contributed by atoms with Crippen molar-refractivity contribution >= 4 is 50.6 Å². The summed E-state index contributed by atoms with van der Waals surface area (Å²) in [4.78, 5) is 13.8. The van der Waals surface area contributed by atoms with E-state index >= 15 is 0 Å². The van der Waals surface area contributed by atoms with Gasteiger partial charge in [0.2, 0.25) is 0 Å². The van der Waals surface area contributed by atoms with Crippen LogP contribution in [0.25, 0.3) is 21.6 Å². The van der Waals surface area contributed by atoms with E-state index in [0.29, 0.717) is 11.6 Å². The second kappa shape index (κ2) is 4.89. The highest BCUT2D eigenvalue weighted by molar-refractivity contribution is 14.1. The Morgan fingerprint density at radius 1 is 1.32 bits per heavy atom. The Bertz CT molecular complexity index is 745. The van der Waals surface area contributed by atoms with Crippen LogP contribution >= 0.6 is 33.9 Å². The number of aromatic nitrogens is 3. The maximum atomic E-state index is 6.01. The van der Waals surface area contributed by atoms with E-state index in [0.717, 1.165) is 25.1 Å². The van der Waals surface area contributed by atoms with E-state index in [1.165, 1.54) is 11.3 Å². The molecule has 19 heavy (non-hydrogen) atoms. The number of rotatable bonds is 2. The molecule has 3 aromatic rings. The Kier molecular flexibility index (Phi) is 3.23. The zero-order valence-corrected chi connectivity index (χ0v) is 12.9. The fourth-order valence-corrected chi connectivity index (χ4v) is 2.99. The van der Waals surface area contributed by atoms with Crippen LogP contribution in [0.5, 0.6) is 5.75 Å². The van der Waals surface area contributed by atoms with Gasteiger partial charge in [0.15, 0.2) is 5.82 Å². The van der Waals surface area contributed by atoms with Gasteiger partial charge in [-0.2, -0.15) is 0 Å². The minimum atomic E-state index is 0.467. The van der Waals surface area contributed by atoms with Gasteiger partial charge in [0, 0.05) is 17.6 Å². The molecule has 96 valence electrons. The molecule has 2 heterocycles. The van der Waals surface area contributed by atoms with Gasteiger partial charge in [-0.1, -0.05) is 0 Å². The van der Waals surface area contributed by atoms with Crippen LogP contribution in [0.1, 0.15) is 0 Å². The molecule has 1 aromatic carbocycles. The molecule has 7 heteroatoms. The van der Waals surface area contributed by atoms with Crippen molar-refractivity contribution in [2.45, 2.75) is 0 Å². The predicted molar refractivity (Wildman–Crippen MR) is 84.3 cm³/mol. The van der Waals surface area contributed by atoms with E-state index in [-0.39, 0.29) is 0 Å². The second-order valence-electron chi connectivity index (χ2n) is 3.80. The minimum absolute atomic E-state index is 0.467. The van der Waals surface area contributed by atoms with E-state index in [4.69, 9.17) is 10.5 Å². The topological polar surface area (TPSA) is 73.9 Å². The van der Waals surface area contributed by atoms with Crippen molar-refractivity contribution in [2.24, 2.45) is 0 Å². The van der Waals surface area contributed by atoms with Gasteiger partial charge in [-0.05, 0) is 28.7 Å². The lowest BCUT2D eigenvalue weighted by Gasteiger charge is -2.08. The molecule has 0 spiro atoms. The molecule has 0 fully saturated rings. The highest BCUT2D eigenvalue weighted by Gasteiger charge is 2.11. The first-order chi connectivity index (χ1) is 9.19. The first-order valence-electron chi connectivity index (χ1n) is 5.38. The number of nitrogens with zero attached hydrogens (tertiary/aromatic N) is 3. The van der Waals surface area contributed by atoms with Gasteiger partial charge in [0.05, 0.1) is 26.6 Å². The van der Waals surface area contributed by atoms with Crippen molar-refractivity contribution in [1.29, 1.82) is 0 Å². The quantitative estimate of drug-likeness (QED) is 0.688. The molecule has 3 rings (SSSR count). The Morgan fingerprint density at radius 3 is 2.84 bits per heavy atom. The van der Waals surface area contributed by atoms with Crippen LogP contribution in [-0.4, -0.2) is 22.1 Å². The van der Waals surface area contributed by atoms with Crippen molar-refractivity contribution in [1.82, 2.24) is 15.0 Å². The van der Waals surface area contributed by atoms with Crippen LogP contribution in [0.4, 0.5) is 5.82 Å². The zero-order valence-electron chi connectivity index (χ0n) is 9.92. The lowest BCUT2D eigenvalue weighted by molar-refractivity contribution is 0.412. The van der Waals surface area contributed by atoms with E-state index < -0.39 is 0 Å². The van der Waals surface area contributed by atoms with Gasteiger partial charge in [-0.3, -0.25) is 4.98 Å². The number of nitrogen functional groups attached to an aromatic ring is 1. The SMILES string of the molecule is COc1cc2nc(-c3cncs3)nc(N)c2cc1I. The second-order valence-corrected chi connectivity index (χ2v) is 5.85. The molecule has 2 N–H and O–H groups in total. The first-order valence-corrected chi connectivity index (χ1v) is 7.34. The van der Waals surface area contributed by atoms with Crippen molar-refractivity contribution in [3.8, 4) is 16.5 Å². The third-order valence-corrected chi connectivity index (χ3v) is 4.26. The number of nitrogens with two attached hydrogens (primary N) is 1. The van der Waals surface area contributed by atoms with Gasteiger partial charge in [0.1, 0.15) is 11.6 Å². The van der Waals surface area contributed by atoms with Crippen molar-refractivity contribution in [3.05, 3.63) is 27.4 Å². The number of hydrogen-bond acceptors (Lipinski definition) is 6. The van der Waals surface area contributed by atoms with E-state index in [2.05, 4.69) is 37.5 Å². The molecule has 0 radical (unpaired) electrons. The summed E-state index contributed by atoms with van der Waals surface area (Å²) < 4.78 is 6.29. The maximum Gasteiger partial charge on any atom is 0.173 e. The Balaban J connectivity index is 2.27. The van der Waals surface area contributed by atoms with Crippen molar-refractivity contribution in [3.63, 3.8) is 0 Å². The average molecular weight is 384 g/mol. The summed E-state index contributed by atoms with van der Waals surface area (Å²) in [7, 11) is 1.64. The summed E-state index contributed by atoms with van der Waals surface area (Å²) in [6, 6.07) is 3.81. The minimum Gasteiger partial charge on any atom is -0.496 e. The van der Waals surface area contributed by atoms with Gasteiger partial charge in [0.25, 0.3) is 0 Å². The summed E-state index contributed by atoms with van der Waals surface area (Å²) in [5, 5.41) is 0.832. The molecule has 0 bridgehead atoms. The highest BCUT2D eigenvalue weighted by Crippen LogP contribution is 2.30. The first kappa shape index (κ1) is 12.5. The molecule has 5 nitrogen and oxygen atoms in total. The smallest absolute Gasteiger partial charge is 0.173 e. The van der Waals surface area contributed by atoms with Crippen molar-refractivity contribution < 1.29 is 4.74 Å². The summed E-state index contributed by atoms with van der Waals surface area (Å²) in [5.41, 5.74) is 8.53. The fourth-order valence-electron chi connectivity index (χ4n) is 1.75. The van der Waals surface area contributed by atoms with Crippen LogP contribution in [-0.2, 0) is 0 Å². The summed E-state index contributed by atoms with van der Waals surface area (Å²) in [5.74, 6) is 1.84. The Hall–Kier alpha value is -1.48. The third kappa shape index (κ3) is 2.23. The number of hydrogen-bond donors (Lipinski definition) is 1. The monoisotopic (exact) mass is 384 g/mol. The number of anilines is 1. The van der Waals surface area contributed by atoms with E-state index in [1.54, 1.807) is 18.8 Å². The van der Waals surface area contributed by atoms with E-state index in [9.17, 15) is 0 Å². The molecule has 0 amide bonds. The van der Waals surface area contributed by atoms with Gasteiger partial charge < -0.3 is 10.5 Å². The Morgan fingerprint density at radius 2 is 2.16 bits per heavy atom. The third-order valence-electron chi connectivity index (χ3n) is 2.65. The normalized spacial score (nSPS) is 10.8. The number of methoxy groups -OCH3 is 1. The molecular formula is C12H9IN4OS. The molecule has 0 saturated carbocycles. The number of fused-ring (bicyclic) bond motifs is 1. The Labute approximate surface area is 127 Å². The lowest BCUT2D eigenvalue weighted by Crippen LogP contribution is -1.98. The molecule has 2 aromatic heterocycles. The summed E-state index contributed by atoms with van der Waals surface area (Å²) in [6.45, 7) is 0. The molecule has 0 aliphatic rings. The van der Waals surface area contributed by atoms with Gasteiger partial charge >= 0.3 is 0 Å². The van der Waals surface area contributed by atoms with Crippen LogP contribution in [0.3, 0.4) is 0 Å². The molecule has 0 unspecified atom stereocenters. The van der Waals surface area contributed by atoms with Crippen LogP contribution in [0.15, 0.2) is 23.8 Å². The molecule has 0 aliphatic heterocycles. The van der Waals surface area contributed by atoms with Crippen LogP contribution < -0.4 is 10.5 Å². The predicted octanol–water partition coefficient (Wildman–Crippen LogP) is 2.95. The van der Waals surface area contributed by atoms with E-state index in [1.807, 2.05) is 12.1 Å². The number of benzene rings is 1. The standard InChI is InChI=1S/C12H9IN4OS/c1-18-9-3-8-6(2-7(9)13)11(14)17-12(16-8)10-4-15-5-19-10/h2-5H,1H3,(H2,14,16,17). The lowest BCUT2D eigenvalue weighted by atomic mass is 10.2. The zero-order chi connectivity index (χ0) is 13.4.